The summed E-state index contributed by atoms with van der Waals surface area (Å²) in [7, 11) is -3.09. The summed E-state index contributed by atoms with van der Waals surface area (Å²) in [6, 6.07) is 10.3. The molecule has 1 aromatic carbocycles. The summed E-state index contributed by atoms with van der Waals surface area (Å²) in [6.45, 7) is 6.34. The molecule has 0 atom stereocenters. The van der Waals surface area contributed by atoms with Gasteiger partial charge in [0.25, 0.3) is 0 Å². The largest absolute Gasteiger partial charge is 0.368 e. The summed E-state index contributed by atoms with van der Waals surface area (Å²) in [6.07, 6.45) is 0.891. The monoisotopic (exact) mass is 333 g/mol. The number of hydrogen-bond donors (Lipinski definition) is 0. The Morgan fingerprint density at radius 1 is 1.09 bits per heavy atom. The number of rotatable bonds is 4. The van der Waals surface area contributed by atoms with Crippen molar-refractivity contribution in [1.29, 1.82) is 0 Å². The summed E-state index contributed by atoms with van der Waals surface area (Å²) < 4.78 is 25.6. The van der Waals surface area contributed by atoms with Crippen LogP contribution in [0.2, 0.25) is 0 Å². The van der Waals surface area contributed by atoms with Crippen molar-refractivity contribution < 1.29 is 8.42 Å². The number of piperazine rings is 1. The molecule has 0 bridgehead atoms. The second kappa shape index (κ2) is 6.45. The van der Waals surface area contributed by atoms with Gasteiger partial charge < -0.3 is 4.90 Å². The number of sulfonamides is 1. The van der Waals surface area contributed by atoms with Crippen molar-refractivity contribution in [2.45, 2.75) is 20.3 Å². The normalized spacial score (nSPS) is 16.9. The van der Waals surface area contributed by atoms with Gasteiger partial charge in [0, 0.05) is 42.9 Å². The van der Waals surface area contributed by atoms with E-state index in [0.717, 1.165) is 36.1 Å². The van der Waals surface area contributed by atoms with E-state index >= 15 is 0 Å². The molecular weight excluding hydrogens is 310 g/mol. The van der Waals surface area contributed by atoms with E-state index in [-0.39, 0.29) is 5.75 Å². The molecule has 3 rings (SSSR count). The van der Waals surface area contributed by atoms with E-state index in [2.05, 4.69) is 28.9 Å². The molecular formula is C17H23N3O2S. The molecule has 0 saturated carbocycles. The molecule has 1 aliphatic rings. The summed E-state index contributed by atoms with van der Waals surface area (Å²) in [5.74, 6) is 0.172. The molecule has 1 aliphatic heterocycles. The lowest BCUT2D eigenvalue weighted by atomic mass is 10.1. The fourth-order valence-electron chi connectivity index (χ4n) is 3.04. The van der Waals surface area contributed by atoms with E-state index in [1.54, 1.807) is 11.2 Å². The van der Waals surface area contributed by atoms with Crippen LogP contribution in [0.25, 0.3) is 10.9 Å². The van der Waals surface area contributed by atoms with Crippen LogP contribution in [-0.4, -0.2) is 49.6 Å². The first-order chi connectivity index (χ1) is 11.0. The third-order valence-corrected chi connectivity index (χ3v) is 6.33. The van der Waals surface area contributed by atoms with Crippen LogP contribution in [0.3, 0.4) is 0 Å². The van der Waals surface area contributed by atoms with Crippen molar-refractivity contribution >= 4 is 26.6 Å². The van der Waals surface area contributed by atoms with Gasteiger partial charge in [-0.05, 0) is 25.5 Å². The van der Waals surface area contributed by atoms with E-state index in [0.29, 0.717) is 13.1 Å². The minimum atomic E-state index is -3.09. The quantitative estimate of drug-likeness (QED) is 0.861. The maximum atomic E-state index is 12.0. The van der Waals surface area contributed by atoms with Gasteiger partial charge in [-0.1, -0.05) is 25.1 Å². The highest BCUT2D eigenvalue weighted by atomic mass is 32.2. The minimum Gasteiger partial charge on any atom is -0.368 e. The number of aryl methyl sites for hydroxylation is 1. The first-order valence-electron chi connectivity index (χ1n) is 8.16. The Labute approximate surface area is 138 Å². The number of fused-ring (bicyclic) bond motifs is 1. The molecule has 1 aromatic heterocycles. The predicted octanol–water partition coefficient (Wildman–Crippen LogP) is 2.27. The SMILES string of the molecule is CCc1cc(N2CCN(S(=O)(=O)CC)CC2)c2ccccc2n1. The molecule has 0 amide bonds. The molecule has 124 valence electrons. The number of para-hydroxylation sites is 1. The third-order valence-electron chi connectivity index (χ3n) is 4.45. The van der Waals surface area contributed by atoms with Crippen molar-refractivity contribution in [2.24, 2.45) is 0 Å². The van der Waals surface area contributed by atoms with Crippen LogP contribution >= 0.6 is 0 Å². The summed E-state index contributed by atoms with van der Waals surface area (Å²) in [5, 5.41) is 1.14. The number of aromatic nitrogens is 1. The Kier molecular flexibility index (Phi) is 4.55. The van der Waals surface area contributed by atoms with Crippen LogP contribution in [-0.2, 0) is 16.4 Å². The lowest BCUT2D eigenvalue weighted by Crippen LogP contribution is -2.49. The lowest BCUT2D eigenvalue weighted by Gasteiger charge is -2.35. The molecule has 1 fully saturated rings. The fraction of sp³-hybridized carbons (Fsp3) is 0.471. The Hall–Kier alpha value is -1.66. The van der Waals surface area contributed by atoms with E-state index in [9.17, 15) is 8.42 Å². The molecule has 23 heavy (non-hydrogen) atoms. The second-order valence-corrected chi connectivity index (χ2v) is 8.05. The van der Waals surface area contributed by atoms with Crippen molar-refractivity contribution in [3.63, 3.8) is 0 Å². The standard InChI is InChI=1S/C17H23N3O2S/c1-3-14-13-17(15-7-5-6-8-16(15)18-14)19-9-11-20(12-10-19)23(21,22)4-2/h5-8,13H,3-4,9-12H2,1-2H3. The second-order valence-electron chi connectivity index (χ2n) is 5.79. The van der Waals surface area contributed by atoms with Gasteiger partial charge in [-0.2, -0.15) is 4.31 Å². The molecule has 0 N–H and O–H groups in total. The zero-order chi connectivity index (χ0) is 16.4. The zero-order valence-electron chi connectivity index (χ0n) is 13.7. The Bertz CT molecular complexity index is 797. The van der Waals surface area contributed by atoms with Crippen molar-refractivity contribution in [1.82, 2.24) is 9.29 Å². The van der Waals surface area contributed by atoms with Gasteiger partial charge in [0.2, 0.25) is 10.0 Å². The molecule has 0 spiro atoms. The molecule has 0 radical (unpaired) electrons. The Morgan fingerprint density at radius 2 is 1.78 bits per heavy atom. The number of pyridine rings is 1. The number of nitrogens with zero attached hydrogens (tertiary/aromatic N) is 3. The number of benzene rings is 1. The zero-order valence-corrected chi connectivity index (χ0v) is 14.5. The van der Waals surface area contributed by atoms with E-state index in [1.807, 2.05) is 18.2 Å². The van der Waals surface area contributed by atoms with Gasteiger partial charge in [-0.25, -0.2) is 8.42 Å². The minimum absolute atomic E-state index is 0.172. The molecule has 2 heterocycles. The highest BCUT2D eigenvalue weighted by Gasteiger charge is 2.26. The molecule has 6 heteroatoms. The summed E-state index contributed by atoms with van der Waals surface area (Å²) >= 11 is 0. The van der Waals surface area contributed by atoms with Crippen molar-refractivity contribution in [2.75, 3.05) is 36.8 Å². The highest BCUT2D eigenvalue weighted by molar-refractivity contribution is 7.89. The Morgan fingerprint density at radius 3 is 2.43 bits per heavy atom. The Balaban J connectivity index is 1.90. The van der Waals surface area contributed by atoms with Gasteiger partial charge >= 0.3 is 0 Å². The maximum absolute atomic E-state index is 12.0. The number of anilines is 1. The smallest absolute Gasteiger partial charge is 0.213 e. The van der Waals surface area contributed by atoms with Crippen LogP contribution in [0, 0.1) is 0 Å². The van der Waals surface area contributed by atoms with Crippen molar-refractivity contribution in [3.8, 4) is 0 Å². The molecule has 1 saturated heterocycles. The van der Waals surface area contributed by atoms with E-state index < -0.39 is 10.0 Å². The van der Waals surface area contributed by atoms with Crippen LogP contribution in [0.15, 0.2) is 30.3 Å². The van der Waals surface area contributed by atoms with Gasteiger partial charge in [0.1, 0.15) is 0 Å². The van der Waals surface area contributed by atoms with Crippen molar-refractivity contribution in [3.05, 3.63) is 36.0 Å². The molecule has 0 unspecified atom stereocenters. The topological polar surface area (TPSA) is 53.5 Å². The average molecular weight is 333 g/mol. The highest BCUT2D eigenvalue weighted by Crippen LogP contribution is 2.28. The third kappa shape index (κ3) is 3.19. The first-order valence-corrected chi connectivity index (χ1v) is 9.77. The first kappa shape index (κ1) is 16.2. The molecule has 0 aliphatic carbocycles. The van der Waals surface area contributed by atoms with Crippen LogP contribution in [0.5, 0.6) is 0 Å². The summed E-state index contributed by atoms with van der Waals surface area (Å²) in [5.41, 5.74) is 3.24. The molecule has 2 aromatic rings. The lowest BCUT2D eigenvalue weighted by molar-refractivity contribution is 0.386. The van der Waals surface area contributed by atoms with E-state index in [4.69, 9.17) is 0 Å². The van der Waals surface area contributed by atoms with Crippen LogP contribution in [0.4, 0.5) is 5.69 Å². The molecule has 5 nitrogen and oxygen atoms in total. The predicted molar refractivity (Wildman–Crippen MR) is 94.4 cm³/mol. The van der Waals surface area contributed by atoms with Crippen LogP contribution < -0.4 is 4.90 Å². The number of hydrogen-bond acceptors (Lipinski definition) is 4. The van der Waals surface area contributed by atoms with Gasteiger partial charge in [-0.3, -0.25) is 4.98 Å². The fourth-order valence-corrected chi connectivity index (χ4v) is 4.13. The van der Waals surface area contributed by atoms with E-state index in [1.165, 1.54) is 5.69 Å². The average Bonchev–Trinajstić information content (AvgIpc) is 2.60. The maximum Gasteiger partial charge on any atom is 0.213 e. The van der Waals surface area contributed by atoms with Crippen LogP contribution in [0.1, 0.15) is 19.5 Å². The summed E-state index contributed by atoms with van der Waals surface area (Å²) in [4.78, 5) is 6.97. The van der Waals surface area contributed by atoms with Gasteiger partial charge in [0.05, 0.1) is 11.3 Å². The van der Waals surface area contributed by atoms with Gasteiger partial charge in [0.15, 0.2) is 0 Å². The van der Waals surface area contributed by atoms with Gasteiger partial charge in [-0.15, -0.1) is 0 Å².